The van der Waals surface area contributed by atoms with Gasteiger partial charge < -0.3 is 19.7 Å². The molecule has 2 aromatic rings. The zero-order valence-corrected chi connectivity index (χ0v) is 19.0. The Morgan fingerprint density at radius 1 is 1.17 bits per heavy atom. The second kappa shape index (κ2) is 10.7. The van der Waals surface area contributed by atoms with Crippen molar-refractivity contribution < 1.29 is 9.47 Å². The van der Waals surface area contributed by atoms with Gasteiger partial charge in [0.25, 0.3) is 0 Å². The molecule has 0 aromatic heterocycles. The average molecular weight is 429 g/mol. The minimum absolute atomic E-state index is 0.168. The van der Waals surface area contributed by atoms with Crippen LogP contribution in [0.15, 0.2) is 54.9 Å². The number of hydrogen-bond donors (Lipinski definition) is 1. The third-order valence-corrected chi connectivity index (χ3v) is 5.65. The lowest BCUT2D eigenvalue weighted by Crippen LogP contribution is -2.42. The van der Waals surface area contributed by atoms with Crippen LogP contribution in [0.1, 0.15) is 43.4 Å². The largest absolute Gasteiger partial charge is 0.491 e. The van der Waals surface area contributed by atoms with Crippen molar-refractivity contribution in [1.82, 2.24) is 10.2 Å². The molecule has 30 heavy (non-hydrogen) atoms. The maximum Gasteiger partial charge on any atom is 0.182 e. The van der Waals surface area contributed by atoms with E-state index >= 15 is 0 Å². The van der Waals surface area contributed by atoms with Crippen molar-refractivity contribution in [2.75, 3.05) is 13.1 Å². The van der Waals surface area contributed by atoms with Crippen molar-refractivity contribution >= 4 is 11.6 Å². The Morgan fingerprint density at radius 3 is 2.50 bits per heavy atom. The van der Waals surface area contributed by atoms with Gasteiger partial charge in [0.1, 0.15) is 12.4 Å². The van der Waals surface area contributed by atoms with E-state index in [4.69, 9.17) is 21.1 Å². The topological polar surface area (TPSA) is 33.7 Å². The van der Waals surface area contributed by atoms with Crippen molar-refractivity contribution in [3.63, 3.8) is 0 Å². The standard InChI is InChI=1S/C25H33ClN2O2/c1-18(2)30-25-9-5-21(6-10-25)17-29-20(4)28(24-11-13-27-14-12-24)16-22-7-8-23(26)15-19(22)3/h5-10,15,18,24,27H,4,11-14,16-17H2,1-3H3. The van der Waals surface area contributed by atoms with Crippen LogP contribution in [0.5, 0.6) is 5.75 Å². The monoisotopic (exact) mass is 428 g/mol. The Labute approximate surface area is 185 Å². The van der Waals surface area contributed by atoms with Gasteiger partial charge in [-0.3, -0.25) is 0 Å². The molecular formula is C25H33ClN2O2. The number of halogens is 1. The quantitative estimate of drug-likeness (QED) is 0.521. The third-order valence-electron chi connectivity index (χ3n) is 5.42. The summed E-state index contributed by atoms with van der Waals surface area (Å²) < 4.78 is 11.9. The zero-order valence-electron chi connectivity index (χ0n) is 18.3. The first kappa shape index (κ1) is 22.5. The van der Waals surface area contributed by atoms with Gasteiger partial charge in [-0.25, -0.2) is 0 Å². The average Bonchev–Trinajstić information content (AvgIpc) is 2.73. The van der Waals surface area contributed by atoms with Gasteiger partial charge in [-0.05, 0) is 94.2 Å². The smallest absolute Gasteiger partial charge is 0.182 e. The molecule has 1 N–H and O–H groups in total. The normalized spacial score (nSPS) is 14.6. The molecule has 0 saturated carbocycles. The minimum atomic E-state index is 0.168. The molecule has 4 nitrogen and oxygen atoms in total. The molecule has 3 rings (SSSR count). The Kier molecular flexibility index (Phi) is 8.06. The number of rotatable bonds is 9. The summed E-state index contributed by atoms with van der Waals surface area (Å²) in [6, 6.07) is 14.6. The lowest BCUT2D eigenvalue weighted by molar-refractivity contribution is 0.0617. The van der Waals surface area contributed by atoms with Crippen LogP contribution in [-0.2, 0) is 17.9 Å². The molecule has 0 bridgehead atoms. The molecule has 0 spiro atoms. The van der Waals surface area contributed by atoms with E-state index in [0.29, 0.717) is 12.6 Å². The van der Waals surface area contributed by atoms with E-state index in [1.165, 1.54) is 11.1 Å². The number of aryl methyl sites for hydroxylation is 1. The summed E-state index contributed by atoms with van der Waals surface area (Å²) in [6.45, 7) is 13.7. The third kappa shape index (κ3) is 6.41. The number of hydrogen-bond acceptors (Lipinski definition) is 4. The molecule has 2 aromatic carbocycles. The highest BCUT2D eigenvalue weighted by Gasteiger charge is 2.24. The Hall–Kier alpha value is -2.17. The van der Waals surface area contributed by atoms with Gasteiger partial charge in [-0.15, -0.1) is 0 Å². The Bertz CT molecular complexity index is 830. The summed E-state index contributed by atoms with van der Waals surface area (Å²) in [5.41, 5.74) is 3.54. The molecule has 0 radical (unpaired) electrons. The number of benzene rings is 2. The first-order valence-corrected chi connectivity index (χ1v) is 11.1. The summed E-state index contributed by atoms with van der Waals surface area (Å²) in [6.07, 6.45) is 2.33. The van der Waals surface area contributed by atoms with Gasteiger partial charge in [-0.2, -0.15) is 0 Å². The van der Waals surface area contributed by atoms with E-state index in [2.05, 4.69) is 29.8 Å². The summed E-state index contributed by atoms with van der Waals surface area (Å²) >= 11 is 6.15. The fourth-order valence-corrected chi connectivity index (χ4v) is 3.97. The minimum Gasteiger partial charge on any atom is -0.491 e. The zero-order chi connectivity index (χ0) is 21.5. The molecule has 1 fully saturated rings. The highest BCUT2D eigenvalue weighted by molar-refractivity contribution is 6.30. The molecule has 1 aliphatic heterocycles. The van der Waals surface area contributed by atoms with Gasteiger partial charge in [0.2, 0.25) is 0 Å². The van der Waals surface area contributed by atoms with E-state index in [1.54, 1.807) is 0 Å². The van der Waals surface area contributed by atoms with Crippen LogP contribution in [0.3, 0.4) is 0 Å². The van der Waals surface area contributed by atoms with Gasteiger partial charge in [-0.1, -0.05) is 29.8 Å². The van der Waals surface area contributed by atoms with Gasteiger partial charge >= 0.3 is 0 Å². The molecule has 5 heteroatoms. The van der Waals surface area contributed by atoms with Crippen LogP contribution in [0.25, 0.3) is 0 Å². The fraction of sp³-hybridized carbons (Fsp3) is 0.440. The lowest BCUT2D eigenvalue weighted by atomic mass is 10.0. The van der Waals surface area contributed by atoms with Crippen molar-refractivity contribution in [3.8, 4) is 5.75 Å². The van der Waals surface area contributed by atoms with E-state index in [-0.39, 0.29) is 6.10 Å². The number of ether oxygens (including phenoxy) is 2. The fourth-order valence-electron chi connectivity index (χ4n) is 3.75. The van der Waals surface area contributed by atoms with Crippen LogP contribution in [0.4, 0.5) is 0 Å². The predicted molar refractivity (Wildman–Crippen MR) is 124 cm³/mol. The molecule has 162 valence electrons. The maximum atomic E-state index is 6.15. The molecule has 1 heterocycles. The molecule has 0 aliphatic carbocycles. The molecular weight excluding hydrogens is 396 g/mol. The highest BCUT2D eigenvalue weighted by Crippen LogP contribution is 2.25. The SMILES string of the molecule is C=C(OCc1ccc(OC(C)C)cc1)N(Cc1ccc(Cl)cc1C)C1CCNCC1. The molecule has 0 atom stereocenters. The molecule has 0 unspecified atom stereocenters. The predicted octanol–water partition coefficient (Wildman–Crippen LogP) is 5.68. The number of nitrogens with zero attached hydrogens (tertiary/aromatic N) is 1. The summed E-state index contributed by atoms with van der Waals surface area (Å²) in [5.74, 6) is 1.60. The lowest BCUT2D eigenvalue weighted by Gasteiger charge is -2.37. The van der Waals surface area contributed by atoms with Gasteiger partial charge in [0.05, 0.1) is 6.10 Å². The maximum absolute atomic E-state index is 6.15. The van der Waals surface area contributed by atoms with Crippen molar-refractivity contribution in [2.24, 2.45) is 0 Å². The van der Waals surface area contributed by atoms with Crippen molar-refractivity contribution in [2.45, 2.75) is 58.9 Å². The van der Waals surface area contributed by atoms with Gasteiger partial charge in [0, 0.05) is 17.6 Å². The van der Waals surface area contributed by atoms with E-state index in [9.17, 15) is 0 Å². The molecule has 1 aliphatic rings. The summed E-state index contributed by atoms with van der Waals surface area (Å²) in [7, 11) is 0. The molecule has 1 saturated heterocycles. The highest BCUT2D eigenvalue weighted by atomic mass is 35.5. The first-order valence-electron chi connectivity index (χ1n) is 10.7. The van der Waals surface area contributed by atoms with Crippen molar-refractivity contribution in [1.29, 1.82) is 0 Å². The van der Waals surface area contributed by atoms with Crippen molar-refractivity contribution in [3.05, 3.63) is 76.6 Å². The van der Waals surface area contributed by atoms with Crippen LogP contribution < -0.4 is 10.1 Å². The van der Waals surface area contributed by atoms with Crippen LogP contribution in [-0.4, -0.2) is 30.1 Å². The Balaban J connectivity index is 1.67. The van der Waals surface area contributed by atoms with Gasteiger partial charge in [0.15, 0.2) is 5.88 Å². The van der Waals surface area contributed by atoms with E-state index in [1.807, 2.05) is 50.2 Å². The second-order valence-electron chi connectivity index (χ2n) is 8.17. The van der Waals surface area contributed by atoms with Crippen LogP contribution >= 0.6 is 11.6 Å². The first-order chi connectivity index (χ1) is 14.4. The number of nitrogens with one attached hydrogen (secondary N) is 1. The molecule has 0 amide bonds. The van der Waals surface area contributed by atoms with E-state index < -0.39 is 0 Å². The second-order valence-corrected chi connectivity index (χ2v) is 8.61. The van der Waals surface area contributed by atoms with E-state index in [0.717, 1.165) is 54.7 Å². The summed E-state index contributed by atoms with van der Waals surface area (Å²) in [4.78, 5) is 2.31. The summed E-state index contributed by atoms with van der Waals surface area (Å²) in [5, 5.41) is 4.21. The Morgan fingerprint density at radius 2 is 1.87 bits per heavy atom. The number of piperidine rings is 1. The van der Waals surface area contributed by atoms with Crippen LogP contribution in [0.2, 0.25) is 5.02 Å². The van der Waals surface area contributed by atoms with Crippen LogP contribution in [0, 0.1) is 6.92 Å².